The highest BCUT2D eigenvalue weighted by molar-refractivity contribution is 5.01. The molecule has 2 nitrogen and oxygen atoms in total. The van der Waals surface area contributed by atoms with Crippen molar-refractivity contribution in [1.82, 2.24) is 10.2 Å². The van der Waals surface area contributed by atoms with Gasteiger partial charge >= 0.3 is 0 Å². The van der Waals surface area contributed by atoms with Crippen molar-refractivity contribution in [3.63, 3.8) is 0 Å². The van der Waals surface area contributed by atoms with Gasteiger partial charge in [0.2, 0.25) is 0 Å². The fraction of sp³-hybridized carbons (Fsp3) is 1.00. The molecule has 2 aliphatic rings. The molecule has 100 valence electrons. The Labute approximate surface area is 107 Å². The molecule has 0 aromatic heterocycles. The lowest BCUT2D eigenvalue weighted by atomic mass is 9.86. The van der Waals surface area contributed by atoms with Crippen molar-refractivity contribution >= 4 is 0 Å². The van der Waals surface area contributed by atoms with E-state index in [-0.39, 0.29) is 0 Å². The molecule has 0 aromatic rings. The second-order valence-corrected chi connectivity index (χ2v) is 6.66. The van der Waals surface area contributed by atoms with Crippen LogP contribution in [0.15, 0.2) is 0 Å². The smallest absolute Gasteiger partial charge is 0.0274 e. The van der Waals surface area contributed by atoms with Gasteiger partial charge < -0.3 is 5.32 Å². The quantitative estimate of drug-likeness (QED) is 0.765. The molecule has 0 radical (unpaired) electrons. The van der Waals surface area contributed by atoms with Crippen LogP contribution in [-0.2, 0) is 0 Å². The monoisotopic (exact) mass is 238 g/mol. The van der Waals surface area contributed by atoms with Gasteiger partial charge in [-0.3, -0.25) is 4.90 Å². The zero-order valence-corrected chi connectivity index (χ0v) is 12.1. The molecule has 0 spiro atoms. The van der Waals surface area contributed by atoms with Gasteiger partial charge in [-0.05, 0) is 50.1 Å². The van der Waals surface area contributed by atoms with Crippen LogP contribution in [0.5, 0.6) is 0 Å². The first-order chi connectivity index (χ1) is 8.08. The number of hydrogen-bond donors (Lipinski definition) is 1. The van der Waals surface area contributed by atoms with E-state index in [1.807, 2.05) is 0 Å². The van der Waals surface area contributed by atoms with Gasteiger partial charge in [0.25, 0.3) is 0 Å². The topological polar surface area (TPSA) is 15.3 Å². The Hall–Kier alpha value is -0.0800. The highest BCUT2D eigenvalue weighted by Gasteiger charge is 2.44. The van der Waals surface area contributed by atoms with Gasteiger partial charge in [-0.25, -0.2) is 0 Å². The highest BCUT2D eigenvalue weighted by Crippen LogP contribution is 2.41. The second kappa shape index (κ2) is 5.27. The predicted molar refractivity (Wildman–Crippen MR) is 74.2 cm³/mol. The van der Waals surface area contributed by atoms with Crippen molar-refractivity contribution in [3.8, 4) is 0 Å². The van der Waals surface area contributed by atoms with E-state index >= 15 is 0 Å². The summed E-state index contributed by atoms with van der Waals surface area (Å²) in [5.74, 6) is 1.01. The van der Waals surface area contributed by atoms with Crippen molar-refractivity contribution < 1.29 is 0 Å². The molecule has 2 saturated carbocycles. The average molecular weight is 238 g/mol. The maximum atomic E-state index is 3.75. The van der Waals surface area contributed by atoms with Crippen LogP contribution in [-0.4, -0.2) is 36.6 Å². The Bertz CT molecular complexity index is 245. The lowest BCUT2D eigenvalue weighted by Gasteiger charge is -2.37. The first-order valence-electron chi connectivity index (χ1n) is 7.56. The summed E-state index contributed by atoms with van der Waals surface area (Å²) in [5, 5.41) is 3.75. The standard InChI is InChI=1S/C15H30N2/c1-5-16-14-13(9-10-15(14,3)4)17(6-2)11-12-7-8-12/h12-14,16H,5-11H2,1-4H3. The minimum absolute atomic E-state index is 0.470. The molecule has 0 saturated heterocycles. The van der Waals surface area contributed by atoms with Crippen LogP contribution < -0.4 is 5.32 Å². The van der Waals surface area contributed by atoms with Gasteiger partial charge in [-0.1, -0.05) is 27.7 Å². The molecule has 2 fully saturated rings. The third kappa shape index (κ3) is 3.03. The third-order valence-electron chi connectivity index (χ3n) is 4.80. The van der Waals surface area contributed by atoms with Gasteiger partial charge in [-0.15, -0.1) is 0 Å². The Morgan fingerprint density at radius 3 is 2.41 bits per heavy atom. The zero-order chi connectivity index (χ0) is 12.5. The average Bonchev–Trinajstić information content (AvgIpc) is 3.05. The summed E-state index contributed by atoms with van der Waals surface area (Å²) in [7, 11) is 0. The highest BCUT2D eigenvalue weighted by atomic mass is 15.2. The molecule has 2 rings (SSSR count). The van der Waals surface area contributed by atoms with E-state index in [1.165, 1.54) is 38.8 Å². The Kier molecular flexibility index (Phi) is 4.14. The molecule has 0 amide bonds. The second-order valence-electron chi connectivity index (χ2n) is 6.66. The molecule has 17 heavy (non-hydrogen) atoms. The van der Waals surface area contributed by atoms with Crippen LogP contribution in [0.2, 0.25) is 0 Å². The molecular formula is C15H30N2. The van der Waals surface area contributed by atoms with Gasteiger partial charge in [0.1, 0.15) is 0 Å². The molecule has 0 aromatic carbocycles. The molecule has 2 aliphatic carbocycles. The van der Waals surface area contributed by atoms with Crippen LogP contribution in [0.3, 0.4) is 0 Å². The largest absolute Gasteiger partial charge is 0.312 e. The Morgan fingerprint density at radius 2 is 1.88 bits per heavy atom. The van der Waals surface area contributed by atoms with E-state index in [9.17, 15) is 0 Å². The van der Waals surface area contributed by atoms with Crippen LogP contribution in [0.25, 0.3) is 0 Å². The predicted octanol–water partition coefficient (Wildman–Crippen LogP) is 2.89. The maximum Gasteiger partial charge on any atom is 0.0274 e. The van der Waals surface area contributed by atoms with Crippen LogP contribution in [0.4, 0.5) is 0 Å². The van der Waals surface area contributed by atoms with E-state index < -0.39 is 0 Å². The fourth-order valence-electron chi connectivity index (χ4n) is 3.52. The summed E-state index contributed by atoms with van der Waals surface area (Å²) in [4.78, 5) is 2.75. The Balaban J connectivity index is 2.01. The van der Waals surface area contributed by atoms with Gasteiger partial charge in [0, 0.05) is 18.6 Å². The molecule has 0 heterocycles. The van der Waals surface area contributed by atoms with Crippen molar-refractivity contribution in [2.24, 2.45) is 11.3 Å². The number of rotatable bonds is 6. The molecule has 0 bridgehead atoms. The Morgan fingerprint density at radius 1 is 1.18 bits per heavy atom. The normalized spacial score (nSPS) is 32.3. The lowest BCUT2D eigenvalue weighted by molar-refractivity contribution is 0.145. The summed E-state index contributed by atoms with van der Waals surface area (Å²) in [5.41, 5.74) is 0.470. The molecular weight excluding hydrogens is 208 g/mol. The molecule has 0 aliphatic heterocycles. The summed E-state index contributed by atoms with van der Waals surface area (Å²) in [6.45, 7) is 13.1. The zero-order valence-electron chi connectivity index (χ0n) is 12.1. The summed E-state index contributed by atoms with van der Waals surface area (Å²) < 4.78 is 0. The minimum atomic E-state index is 0.470. The fourth-order valence-corrected chi connectivity index (χ4v) is 3.52. The van der Waals surface area contributed by atoms with Crippen LogP contribution >= 0.6 is 0 Å². The van der Waals surface area contributed by atoms with E-state index in [0.29, 0.717) is 11.5 Å². The molecule has 2 unspecified atom stereocenters. The van der Waals surface area contributed by atoms with E-state index in [4.69, 9.17) is 0 Å². The molecule has 2 heteroatoms. The minimum Gasteiger partial charge on any atom is -0.312 e. The van der Waals surface area contributed by atoms with Crippen molar-refractivity contribution in [2.75, 3.05) is 19.6 Å². The van der Waals surface area contributed by atoms with E-state index in [1.54, 1.807) is 0 Å². The SMILES string of the molecule is CCNC1C(N(CC)CC2CC2)CCC1(C)C. The van der Waals surface area contributed by atoms with E-state index in [2.05, 4.69) is 37.9 Å². The van der Waals surface area contributed by atoms with Gasteiger partial charge in [0.15, 0.2) is 0 Å². The van der Waals surface area contributed by atoms with Crippen LogP contribution in [0.1, 0.15) is 53.4 Å². The summed E-state index contributed by atoms with van der Waals surface area (Å²) >= 11 is 0. The van der Waals surface area contributed by atoms with Crippen molar-refractivity contribution in [1.29, 1.82) is 0 Å². The first-order valence-corrected chi connectivity index (χ1v) is 7.56. The van der Waals surface area contributed by atoms with Crippen LogP contribution in [0, 0.1) is 11.3 Å². The van der Waals surface area contributed by atoms with Crippen molar-refractivity contribution in [3.05, 3.63) is 0 Å². The number of hydrogen-bond acceptors (Lipinski definition) is 2. The number of likely N-dealkylation sites (N-methyl/N-ethyl adjacent to an activating group) is 2. The first kappa shape index (κ1) is 13.4. The van der Waals surface area contributed by atoms with Gasteiger partial charge in [-0.2, -0.15) is 0 Å². The van der Waals surface area contributed by atoms with E-state index in [0.717, 1.165) is 18.5 Å². The molecule has 2 atom stereocenters. The lowest BCUT2D eigenvalue weighted by Crippen LogP contribution is -2.52. The summed E-state index contributed by atoms with van der Waals surface area (Å²) in [6.07, 6.45) is 5.69. The number of nitrogens with zero attached hydrogens (tertiary/aromatic N) is 1. The van der Waals surface area contributed by atoms with Crippen molar-refractivity contribution in [2.45, 2.75) is 65.5 Å². The number of nitrogens with one attached hydrogen (secondary N) is 1. The molecule has 1 N–H and O–H groups in total. The third-order valence-corrected chi connectivity index (χ3v) is 4.80. The van der Waals surface area contributed by atoms with Gasteiger partial charge in [0.05, 0.1) is 0 Å². The summed E-state index contributed by atoms with van der Waals surface area (Å²) in [6, 6.07) is 1.46. The maximum absolute atomic E-state index is 3.75.